The third-order valence-electron chi connectivity index (χ3n) is 5.29. The highest BCUT2D eigenvalue weighted by Crippen LogP contribution is 2.21. The molecule has 0 aliphatic carbocycles. The second-order valence-electron chi connectivity index (χ2n) is 8.53. The highest BCUT2D eigenvalue weighted by molar-refractivity contribution is 5.79. The van der Waals surface area contributed by atoms with Crippen molar-refractivity contribution < 1.29 is 24.9 Å². The van der Waals surface area contributed by atoms with Gasteiger partial charge in [0, 0.05) is 18.3 Å². The van der Waals surface area contributed by atoms with Gasteiger partial charge in [0.2, 0.25) is 0 Å². The number of hydrogen-bond donors (Lipinski definition) is 3. The molecule has 166 valence electrons. The number of aliphatic hydroxyl groups excluding tert-OH is 3. The Labute approximate surface area is 176 Å². The molecule has 0 fully saturated rings. The van der Waals surface area contributed by atoms with E-state index in [0.29, 0.717) is 5.75 Å². The molecule has 0 radical (unpaired) electrons. The summed E-state index contributed by atoms with van der Waals surface area (Å²) in [5.41, 5.74) is 0.442. The topological polar surface area (TPSA) is 87.0 Å². The Balaban J connectivity index is 2.25. The molecule has 0 saturated heterocycles. The summed E-state index contributed by atoms with van der Waals surface area (Å²) in [6.45, 7) is 3.38. The van der Waals surface area contributed by atoms with Crippen LogP contribution in [0.5, 0.6) is 5.75 Å². The van der Waals surface area contributed by atoms with Crippen LogP contribution in [0.25, 0.3) is 0 Å². The van der Waals surface area contributed by atoms with Crippen molar-refractivity contribution in [2.75, 3.05) is 19.8 Å². The summed E-state index contributed by atoms with van der Waals surface area (Å²) >= 11 is 0. The van der Waals surface area contributed by atoms with Crippen molar-refractivity contribution in [3.63, 3.8) is 0 Å². The smallest absolute Gasteiger partial charge is 0.136 e. The zero-order chi connectivity index (χ0) is 21.5. The summed E-state index contributed by atoms with van der Waals surface area (Å²) in [6, 6.07) is 7.91. The Bertz CT molecular complexity index is 551. The van der Waals surface area contributed by atoms with Crippen LogP contribution in [0.15, 0.2) is 24.3 Å². The fourth-order valence-electron chi connectivity index (χ4n) is 3.26. The molecule has 1 aromatic carbocycles. The van der Waals surface area contributed by atoms with Gasteiger partial charge < -0.3 is 20.1 Å². The van der Waals surface area contributed by atoms with Gasteiger partial charge in [0.25, 0.3) is 0 Å². The lowest BCUT2D eigenvalue weighted by atomic mass is 9.85. The lowest BCUT2D eigenvalue weighted by Gasteiger charge is -2.24. The Morgan fingerprint density at radius 3 is 2.17 bits per heavy atom. The first-order valence-electron chi connectivity index (χ1n) is 11.1. The van der Waals surface area contributed by atoms with Gasteiger partial charge in [-0.2, -0.15) is 0 Å². The van der Waals surface area contributed by atoms with Crippen LogP contribution in [0.4, 0.5) is 0 Å². The molecule has 0 aromatic heterocycles. The van der Waals surface area contributed by atoms with Crippen LogP contribution < -0.4 is 4.74 Å². The molecular weight excluding hydrogens is 368 g/mol. The van der Waals surface area contributed by atoms with Gasteiger partial charge in [0.15, 0.2) is 0 Å². The fourth-order valence-corrected chi connectivity index (χ4v) is 3.26. The van der Waals surface area contributed by atoms with Gasteiger partial charge in [-0.25, -0.2) is 0 Å². The number of aliphatic hydroxyl groups is 3. The summed E-state index contributed by atoms with van der Waals surface area (Å²) in [5, 5.41) is 28.5. The molecule has 1 aromatic rings. The van der Waals surface area contributed by atoms with Crippen LogP contribution >= 0.6 is 0 Å². The van der Waals surface area contributed by atoms with Crippen molar-refractivity contribution in [3.8, 4) is 5.75 Å². The van der Waals surface area contributed by atoms with E-state index in [-0.39, 0.29) is 38.4 Å². The van der Waals surface area contributed by atoms with E-state index in [0.717, 1.165) is 6.42 Å². The normalized spacial score (nSPS) is 12.7. The quantitative estimate of drug-likeness (QED) is 0.338. The summed E-state index contributed by atoms with van der Waals surface area (Å²) in [5.74, 6) is 0.479. The van der Waals surface area contributed by atoms with E-state index in [1.807, 2.05) is 12.1 Å². The lowest BCUT2D eigenvalue weighted by molar-refractivity contribution is -0.125. The maximum absolute atomic E-state index is 12.0. The number of rotatable bonds is 17. The monoisotopic (exact) mass is 408 g/mol. The highest BCUT2D eigenvalue weighted by Gasteiger charge is 2.27. The van der Waals surface area contributed by atoms with Crippen molar-refractivity contribution in [1.29, 1.82) is 0 Å². The number of carbonyl (C=O) groups is 1. The Morgan fingerprint density at radius 2 is 1.59 bits per heavy atom. The van der Waals surface area contributed by atoms with Crippen molar-refractivity contribution >= 4 is 5.78 Å². The third-order valence-corrected chi connectivity index (χ3v) is 5.29. The standard InChI is InChI=1S/C24H40O5/c1-3-4-5-6-7-8-9-10-20-11-13-23(14-12-20)29-17-22(28)15-21(27)16-24(2,18-25)19-26/h11-14,22,25-26,28H,3-10,15-19H2,1-2H3. The summed E-state index contributed by atoms with van der Waals surface area (Å²) in [6.07, 6.45) is 9.25. The van der Waals surface area contributed by atoms with Crippen LogP contribution in [0, 0.1) is 5.41 Å². The molecule has 0 bridgehead atoms. The first-order chi connectivity index (χ1) is 13.9. The molecule has 0 spiro atoms. The first-order valence-corrected chi connectivity index (χ1v) is 11.1. The number of hydrogen-bond acceptors (Lipinski definition) is 5. The fraction of sp³-hybridized carbons (Fsp3) is 0.708. The number of aryl methyl sites for hydroxylation is 1. The van der Waals surface area contributed by atoms with Gasteiger partial charge in [-0.3, -0.25) is 4.79 Å². The van der Waals surface area contributed by atoms with E-state index in [4.69, 9.17) is 4.74 Å². The minimum Gasteiger partial charge on any atom is -0.491 e. The van der Waals surface area contributed by atoms with Crippen LogP contribution in [-0.4, -0.2) is 47.0 Å². The van der Waals surface area contributed by atoms with Crippen LogP contribution in [-0.2, 0) is 11.2 Å². The average Bonchev–Trinajstić information content (AvgIpc) is 2.72. The van der Waals surface area contributed by atoms with E-state index in [1.165, 1.54) is 50.5 Å². The molecule has 0 amide bonds. The molecule has 0 saturated carbocycles. The van der Waals surface area contributed by atoms with Crippen LogP contribution in [0.1, 0.15) is 77.2 Å². The minimum absolute atomic E-state index is 0.0321. The number of ketones is 1. The number of Topliss-reactive ketones (excluding diaryl/α,β-unsaturated/α-hetero) is 1. The molecule has 1 atom stereocenters. The summed E-state index contributed by atoms with van der Waals surface area (Å²) < 4.78 is 5.59. The van der Waals surface area contributed by atoms with Crippen molar-refractivity contribution in [3.05, 3.63) is 29.8 Å². The number of benzene rings is 1. The van der Waals surface area contributed by atoms with Gasteiger partial charge in [-0.1, -0.05) is 64.5 Å². The van der Waals surface area contributed by atoms with E-state index in [1.54, 1.807) is 6.92 Å². The molecule has 0 heterocycles. The second kappa shape index (κ2) is 14.5. The lowest BCUT2D eigenvalue weighted by Crippen LogP contribution is -2.31. The molecule has 29 heavy (non-hydrogen) atoms. The van der Waals surface area contributed by atoms with Crippen LogP contribution in [0.2, 0.25) is 0 Å². The summed E-state index contributed by atoms with van der Waals surface area (Å²) in [7, 11) is 0. The Kier molecular flexibility index (Phi) is 12.8. The van der Waals surface area contributed by atoms with Crippen molar-refractivity contribution in [2.24, 2.45) is 5.41 Å². The van der Waals surface area contributed by atoms with Gasteiger partial charge >= 0.3 is 0 Å². The van der Waals surface area contributed by atoms with Crippen molar-refractivity contribution in [1.82, 2.24) is 0 Å². The van der Waals surface area contributed by atoms with Gasteiger partial charge in [0.05, 0.1) is 19.3 Å². The maximum atomic E-state index is 12.0. The molecule has 1 unspecified atom stereocenters. The van der Waals surface area contributed by atoms with Crippen molar-refractivity contribution in [2.45, 2.75) is 84.2 Å². The Morgan fingerprint density at radius 1 is 1.00 bits per heavy atom. The van der Waals surface area contributed by atoms with E-state index in [9.17, 15) is 20.1 Å². The molecule has 1 rings (SSSR count). The van der Waals surface area contributed by atoms with E-state index < -0.39 is 11.5 Å². The van der Waals surface area contributed by atoms with Gasteiger partial charge in [-0.05, 0) is 30.5 Å². The molecule has 0 aliphatic rings. The maximum Gasteiger partial charge on any atom is 0.136 e. The van der Waals surface area contributed by atoms with Gasteiger partial charge in [-0.15, -0.1) is 0 Å². The third kappa shape index (κ3) is 11.4. The second-order valence-corrected chi connectivity index (χ2v) is 8.53. The largest absolute Gasteiger partial charge is 0.491 e. The number of ether oxygens (including phenoxy) is 1. The average molecular weight is 409 g/mol. The predicted molar refractivity (Wildman–Crippen MR) is 116 cm³/mol. The van der Waals surface area contributed by atoms with E-state index >= 15 is 0 Å². The molecule has 0 aliphatic heterocycles. The highest BCUT2D eigenvalue weighted by atomic mass is 16.5. The first kappa shape index (κ1) is 25.6. The zero-order valence-corrected chi connectivity index (χ0v) is 18.2. The molecular formula is C24H40O5. The molecule has 5 nitrogen and oxygen atoms in total. The number of unbranched alkanes of at least 4 members (excludes halogenated alkanes) is 6. The minimum atomic E-state index is -0.906. The molecule has 5 heteroatoms. The summed E-state index contributed by atoms with van der Waals surface area (Å²) in [4.78, 5) is 12.0. The van der Waals surface area contributed by atoms with Gasteiger partial charge in [0.1, 0.15) is 18.1 Å². The predicted octanol–water partition coefficient (Wildman–Crippen LogP) is 4.06. The zero-order valence-electron chi connectivity index (χ0n) is 18.2. The van der Waals surface area contributed by atoms with E-state index in [2.05, 4.69) is 19.1 Å². The molecule has 3 N–H and O–H groups in total. The Hall–Kier alpha value is -1.43. The van der Waals surface area contributed by atoms with Crippen LogP contribution in [0.3, 0.4) is 0 Å². The SMILES string of the molecule is CCCCCCCCCc1ccc(OCC(O)CC(=O)CC(C)(CO)CO)cc1. The number of carbonyl (C=O) groups excluding carboxylic acids is 1.